The maximum absolute atomic E-state index is 11.7. The summed E-state index contributed by atoms with van der Waals surface area (Å²) in [5.74, 6) is -0.0669. The van der Waals surface area contributed by atoms with Gasteiger partial charge in [-0.2, -0.15) is 0 Å². The summed E-state index contributed by atoms with van der Waals surface area (Å²) in [6, 6.07) is 9.56. The van der Waals surface area contributed by atoms with Crippen LogP contribution >= 0.6 is 0 Å². The van der Waals surface area contributed by atoms with Crippen LogP contribution in [0, 0.1) is 0 Å². The predicted molar refractivity (Wildman–Crippen MR) is 56.7 cm³/mol. The molecule has 2 N–H and O–H groups in total. The highest BCUT2D eigenvalue weighted by Crippen LogP contribution is 2.20. The molecule has 1 aromatic carbocycles. The highest BCUT2D eigenvalue weighted by molar-refractivity contribution is 6.46. The summed E-state index contributed by atoms with van der Waals surface area (Å²) in [6.45, 7) is 1.46. The van der Waals surface area contributed by atoms with Gasteiger partial charge in [0, 0.05) is 18.7 Å². The Morgan fingerprint density at radius 1 is 1.20 bits per heavy atom. The van der Waals surface area contributed by atoms with Crippen molar-refractivity contribution in [3.05, 3.63) is 35.9 Å². The molecule has 0 aromatic heterocycles. The summed E-state index contributed by atoms with van der Waals surface area (Å²) < 4.78 is 0. The van der Waals surface area contributed by atoms with Crippen molar-refractivity contribution in [2.75, 3.05) is 13.1 Å². The summed E-state index contributed by atoms with van der Waals surface area (Å²) in [4.78, 5) is 16.2. The molecule has 2 aliphatic rings. The molecule has 1 spiro atoms. The molecule has 1 saturated heterocycles. The van der Waals surface area contributed by atoms with Crippen molar-refractivity contribution in [3.8, 4) is 0 Å². The second-order valence-electron chi connectivity index (χ2n) is 3.92. The van der Waals surface area contributed by atoms with E-state index in [0.717, 1.165) is 18.7 Å². The van der Waals surface area contributed by atoms with E-state index in [4.69, 9.17) is 0 Å². The Morgan fingerprint density at radius 3 is 2.47 bits per heavy atom. The lowest BCUT2D eigenvalue weighted by Crippen LogP contribution is -2.65. The monoisotopic (exact) mass is 201 g/mol. The van der Waals surface area contributed by atoms with E-state index in [1.54, 1.807) is 0 Å². The third-order valence-electron chi connectivity index (χ3n) is 2.77. The van der Waals surface area contributed by atoms with E-state index in [1.165, 1.54) is 0 Å². The first kappa shape index (κ1) is 8.61. The van der Waals surface area contributed by atoms with E-state index in [0.29, 0.717) is 5.71 Å². The van der Waals surface area contributed by atoms with E-state index in [1.807, 2.05) is 30.3 Å². The van der Waals surface area contributed by atoms with Crippen molar-refractivity contribution < 1.29 is 4.79 Å². The molecule has 0 bridgehead atoms. The number of rotatable bonds is 1. The summed E-state index contributed by atoms with van der Waals surface area (Å²) in [5, 5.41) is 6.02. The Morgan fingerprint density at radius 2 is 1.93 bits per heavy atom. The van der Waals surface area contributed by atoms with Crippen LogP contribution in [0.25, 0.3) is 0 Å². The molecule has 4 heteroatoms. The van der Waals surface area contributed by atoms with Gasteiger partial charge in [0.2, 0.25) is 0 Å². The van der Waals surface area contributed by atoms with Gasteiger partial charge >= 0.3 is 0 Å². The number of carbonyl (C=O) groups is 1. The van der Waals surface area contributed by atoms with Crippen molar-refractivity contribution in [1.82, 2.24) is 10.6 Å². The van der Waals surface area contributed by atoms with E-state index in [2.05, 4.69) is 15.6 Å². The number of nitrogens with zero attached hydrogens (tertiary/aromatic N) is 1. The van der Waals surface area contributed by atoms with Gasteiger partial charge in [0.25, 0.3) is 5.91 Å². The van der Waals surface area contributed by atoms with Crippen LogP contribution < -0.4 is 10.6 Å². The number of nitrogens with one attached hydrogen (secondary N) is 2. The van der Waals surface area contributed by atoms with Gasteiger partial charge in [0.15, 0.2) is 5.66 Å². The minimum Gasteiger partial charge on any atom is -0.324 e. The first-order valence-corrected chi connectivity index (χ1v) is 4.98. The van der Waals surface area contributed by atoms with Crippen LogP contribution in [-0.2, 0) is 4.79 Å². The Labute approximate surface area is 87.4 Å². The zero-order valence-electron chi connectivity index (χ0n) is 8.16. The average Bonchev–Trinajstić information content (AvgIpc) is 2.57. The van der Waals surface area contributed by atoms with Gasteiger partial charge in [-0.25, -0.2) is 4.99 Å². The second kappa shape index (κ2) is 2.90. The van der Waals surface area contributed by atoms with E-state index in [-0.39, 0.29) is 11.6 Å². The van der Waals surface area contributed by atoms with Crippen molar-refractivity contribution in [2.24, 2.45) is 4.99 Å². The van der Waals surface area contributed by atoms with Gasteiger partial charge < -0.3 is 10.6 Å². The zero-order chi connectivity index (χ0) is 10.3. The summed E-state index contributed by atoms with van der Waals surface area (Å²) >= 11 is 0. The highest BCUT2D eigenvalue weighted by atomic mass is 16.2. The minimum atomic E-state index is -0.359. The average molecular weight is 201 g/mol. The number of benzene rings is 1. The Balaban J connectivity index is 1.99. The topological polar surface area (TPSA) is 53.5 Å². The fourth-order valence-electron chi connectivity index (χ4n) is 1.88. The predicted octanol–water partition coefficient (Wildman–Crippen LogP) is -0.0950. The SMILES string of the molecule is O=C1NC2(CNC2)N=C1c1ccccc1. The van der Waals surface area contributed by atoms with Gasteiger partial charge in [0.1, 0.15) is 5.71 Å². The maximum atomic E-state index is 11.7. The zero-order valence-corrected chi connectivity index (χ0v) is 8.16. The van der Waals surface area contributed by atoms with Crippen molar-refractivity contribution in [1.29, 1.82) is 0 Å². The van der Waals surface area contributed by atoms with Crippen molar-refractivity contribution in [2.45, 2.75) is 5.66 Å². The molecule has 1 amide bonds. The van der Waals surface area contributed by atoms with Crippen LogP contribution in [0.3, 0.4) is 0 Å². The number of carbonyl (C=O) groups excluding carboxylic acids is 1. The molecule has 15 heavy (non-hydrogen) atoms. The molecule has 76 valence electrons. The van der Waals surface area contributed by atoms with Gasteiger partial charge in [-0.3, -0.25) is 4.79 Å². The summed E-state index contributed by atoms with van der Waals surface area (Å²) in [6.07, 6.45) is 0. The second-order valence-corrected chi connectivity index (χ2v) is 3.92. The lowest BCUT2D eigenvalue weighted by Gasteiger charge is -2.35. The van der Waals surface area contributed by atoms with Crippen molar-refractivity contribution >= 4 is 11.6 Å². The Kier molecular flexibility index (Phi) is 1.67. The molecule has 3 rings (SSSR count). The maximum Gasteiger partial charge on any atom is 0.272 e. The highest BCUT2D eigenvalue weighted by Gasteiger charge is 2.44. The fraction of sp³-hybridized carbons (Fsp3) is 0.273. The van der Waals surface area contributed by atoms with Crippen LogP contribution in [-0.4, -0.2) is 30.4 Å². The van der Waals surface area contributed by atoms with Crippen LogP contribution in [0.4, 0.5) is 0 Å². The number of aliphatic imine (C=N–C) groups is 1. The normalized spacial score (nSPS) is 22.1. The molecule has 0 saturated carbocycles. The Bertz CT molecular complexity index is 434. The van der Waals surface area contributed by atoms with Crippen LogP contribution in [0.2, 0.25) is 0 Å². The molecule has 1 aromatic rings. The van der Waals surface area contributed by atoms with E-state index in [9.17, 15) is 4.79 Å². The van der Waals surface area contributed by atoms with Crippen LogP contribution in [0.1, 0.15) is 5.56 Å². The molecule has 0 radical (unpaired) electrons. The minimum absolute atomic E-state index is 0.0669. The standard InChI is InChI=1S/C11H11N3O/c15-10-9(8-4-2-1-3-5-8)13-11(14-10)6-12-7-11/h1-5,12H,6-7H2,(H,14,15). The number of hydrogen-bond donors (Lipinski definition) is 2. The summed E-state index contributed by atoms with van der Waals surface area (Å²) in [7, 11) is 0. The van der Waals surface area contributed by atoms with Gasteiger partial charge in [0.05, 0.1) is 0 Å². The van der Waals surface area contributed by atoms with Gasteiger partial charge in [-0.05, 0) is 0 Å². The first-order chi connectivity index (χ1) is 7.29. The van der Waals surface area contributed by atoms with Crippen molar-refractivity contribution in [3.63, 3.8) is 0 Å². The molecular formula is C11H11N3O. The lowest BCUT2D eigenvalue weighted by molar-refractivity contribution is -0.115. The third-order valence-corrected chi connectivity index (χ3v) is 2.77. The molecular weight excluding hydrogens is 190 g/mol. The third kappa shape index (κ3) is 1.26. The molecule has 2 heterocycles. The molecule has 1 fully saturated rings. The quantitative estimate of drug-likeness (QED) is 0.667. The molecule has 0 atom stereocenters. The van der Waals surface area contributed by atoms with Crippen LogP contribution in [0.15, 0.2) is 35.3 Å². The molecule has 2 aliphatic heterocycles. The van der Waals surface area contributed by atoms with Gasteiger partial charge in [-0.1, -0.05) is 30.3 Å². The largest absolute Gasteiger partial charge is 0.324 e. The molecule has 0 aliphatic carbocycles. The smallest absolute Gasteiger partial charge is 0.272 e. The lowest BCUT2D eigenvalue weighted by atomic mass is 10.1. The van der Waals surface area contributed by atoms with Crippen LogP contribution in [0.5, 0.6) is 0 Å². The van der Waals surface area contributed by atoms with E-state index < -0.39 is 0 Å². The fourth-order valence-corrected chi connectivity index (χ4v) is 1.88. The molecule has 4 nitrogen and oxygen atoms in total. The summed E-state index contributed by atoms with van der Waals surface area (Å²) in [5.41, 5.74) is 1.08. The first-order valence-electron chi connectivity index (χ1n) is 4.98. The molecule has 0 unspecified atom stereocenters. The number of amides is 1. The van der Waals surface area contributed by atoms with E-state index >= 15 is 0 Å². The number of hydrogen-bond acceptors (Lipinski definition) is 3. The Hall–Kier alpha value is -1.68. The van der Waals surface area contributed by atoms with Gasteiger partial charge in [-0.15, -0.1) is 0 Å².